The van der Waals surface area contributed by atoms with Crippen molar-refractivity contribution in [2.75, 3.05) is 13.7 Å². The highest BCUT2D eigenvalue weighted by Crippen LogP contribution is 2.08. The Hall–Kier alpha value is -0.610. The summed E-state index contributed by atoms with van der Waals surface area (Å²) in [5.41, 5.74) is -0.427. The van der Waals surface area contributed by atoms with Crippen LogP contribution in [-0.4, -0.2) is 31.6 Å². The average Bonchev–Trinajstić information content (AvgIpc) is 2.00. The van der Waals surface area contributed by atoms with Gasteiger partial charge in [-0.3, -0.25) is 4.79 Å². The van der Waals surface area contributed by atoms with E-state index in [2.05, 4.69) is 0 Å². The number of carbonyl (C=O) groups is 1. The molecule has 0 aliphatic heterocycles. The first-order chi connectivity index (χ1) is 6.35. The van der Waals surface area contributed by atoms with Gasteiger partial charge < -0.3 is 14.2 Å². The van der Waals surface area contributed by atoms with E-state index < -0.39 is 5.60 Å². The summed E-state index contributed by atoms with van der Waals surface area (Å²) in [5, 5.41) is 0. The minimum atomic E-state index is -0.427. The van der Waals surface area contributed by atoms with Gasteiger partial charge in [-0.2, -0.15) is 0 Å². The topological polar surface area (TPSA) is 44.8 Å². The highest BCUT2D eigenvalue weighted by molar-refractivity contribution is 5.69. The zero-order chi connectivity index (χ0) is 11.2. The Morgan fingerprint density at radius 2 is 1.93 bits per heavy atom. The van der Waals surface area contributed by atoms with E-state index in [1.165, 1.54) is 0 Å². The molecule has 0 heterocycles. The second-order valence-corrected chi connectivity index (χ2v) is 4.01. The van der Waals surface area contributed by atoms with Gasteiger partial charge >= 0.3 is 5.97 Å². The van der Waals surface area contributed by atoms with Gasteiger partial charge in [0.2, 0.25) is 0 Å². The van der Waals surface area contributed by atoms with Crippen molar-refractivity contribution in [1.29, 1.82) is 0 Å². The van der Waals surface area contributed by atoms with Crippen LogP contribution in [0.3, 0.4) is 0 Å². The molecule has 0 aromatic rings. The van der Waals surface area contributed by atoms with Gasteiger partial charge in [0, 0.05) is 7.11 Å². The molecule has 0 amide bonds. The predicted molar refractivity (Wildman–Crippen MR) is 52.9 cm³/mol. The van der Waals surface area contributed by atoms with Gasteiger partial charge in [-0.25, -0.2) is 0 Å². The second kappa shape index (κ2) is 5.98. The molecular formula is C10H20O4. The van der Waals surface area contributed by atoms with Crippen LogP contribution in [0.5, 0.6) is 0 Å². The number of esters is 1. The maximum atomic E-state index is 11.2. The first kappa shape index (κ1) is 13.4. The lowest BCUT2D eigenvalue weighted by molar-refractivity contribution is -0.160. The molecule has 1 atom stereocenters. The Morgan fingerprint density at radius 1 is 1.36 bits per heavy atom. The van der Waals surface area contributed by atoms with Crippen molar-refractivity contribution < 1.29 is 19.0 Å². The predicted octanol–water partition coefficient (Wildman–Crippen LogP) is 1.73. The molecule has 0 aliphatic rings. The molecule has 0 spiro atoms. The molecule has 0 saturated carbocycles. The number of hydrogen-bond acceptors (Lipinski definition) is 4. The van der Waals surface area contributed by atoms with E-state index in [0.717, 1.165) is 0 Å². The van der Waals surface area contributed by atoms with E-state index in [4.69, 9.17) is 14.2 Å². The van der Waals surface area contributed by atoms with E-state index in [1.807, 2.05) is 20.8 Å². The Labute approximate surface area is 85.5 Å². The van der Waals surface area contributed by atoms with Crippen LogP contribution >= 0.6 is 0 Å². The quantitative estimate of drug-likeness (QED) is 0.505. The van der Waals surface area contributed by atoms with Crippen molar-refractivity contribution in [3.05, 3.63) is 0 Å². The monoisotopic (exact) mass is 204 g/mol. The third-order valence-corrected chi connectivity index (χ3v) is 1.41. The molecule has 0 rings (SSSR count). The first-order valence-corrected chi connectivity index (χ1v) is 4.71. The summed E-state index contributed by atoms with van der Waals surface area (Å²) in [6.07, 6.45) is -0.0252. The van der Waals surface area contributed by atoms with Gasteiger partial charge in [0.05, 0.1) is 13.0 Å². The van der Waals surface area contributed by atoms with Crippen LogP contribution in [0.1, 0.15) is 34.1 Å². The molecule has 84 valence electrons. The van der Waals surface area contributed by atoms with Crippen LogP contribution in [0.2, 0.25) is 0 Å². The molecule has 0 aromatic carbocycles. The van der Waals surface area contributed by atoms with Crippen LogP contribution in [0.15, 0.2) is 0 Å². The van der Waals surface area contributed by atoms with Gasteiger partial charge in [-0.1, -0.05) is 0 Å². The molecule has 0 saturated heterocycles. The van der Waals surface area contributed by atoms with Crippen LogP contribution in [0.25, 0.3) is 0 Å². The number of carbonyl (C=O) groups excluding carboxylic acids is 1. The molecule has 0 N–H and O–H groups in total. The molecule has 0 aliphatic carbocycles. The fraction of sp³-hybridized carbons (Fsp3) is 0.900. The highest BCUT2D eigenvalue weighted by Gasteiger charge is 2.15. The molecule has 0 radical (unpaired) electrons. The Bertz CT molecular complexity index is 171. The third kappa shape index (κ3) is 8.01. The van der Waals surface area contributed by atoms with E-state index in [9.17, 15) is 4.79 Å². The van der Waals surface area contributed by atoms with Gasteiger partial charge in [-0.05, 0) is 27.7 Å². The van der Waals surface area contributed by atoms with E-state index in [1.54, 1.807) is 14.0 Å². The summed E-state index contributed by atoms with van der Waals surface area (Å²) in [5.74, 6) is -0.249. The lowest BCUT2D eigenvalue weighted by Crippen LogP contribution is -2.25. The van der Waals surface area contributed by atoms with Crippen LogP contribution in [0, 0.1) is 0 Å². The fourth-order valence-electron chi connectivity index (χ4n) is 0.769. The summed E-state index contributed by atoms with van der Waals surface area (Å²) >= 11 is 0. The van der Waals surface area contributed by atoms with Gasteiger partial charge in [0.1, 0.15) is 5.60 Å². The fourth-order valence-corrected chi connectivity index (χ4v) is 0.769. The summed E-state index contributed by atoms with van der Waals surface area (Å²) in [4.78, 5) is 11.2. The minimum Gasteiger partial charge on any atom is -0.460 e. The summed E-state index contributed by atoms with van der Waals surface area (Å²) < 4.78 is 15.1. The van der Waals surface area contributed by atoms with Gasteiger partial charge in [0.25, 0.3) is 0 Å². The van der Waals surface area contributed by atoms with Crippen molar-refractivity contribution >= 4 is 5.97 Å². The normalized spacial score (nSPS) is 13.8. The lowest BCUT2D eigenvalue weighted by atomic mass is 10.2. The van der Waals surface area contributed by atoms with Crippen molar-refractivity contribution in [3.63, 3.8) is 0 Å². The molecular weight excluding hydrogens is 184 g/mol. The summed E-state index contributed by atoms with van der Waals surface area (Å²) in [7, 11) is 1.55. The van der Waals surface area contributed by atoms with Crippen molar-refractivity contribution in [3.8, 4) is 0 Å². The molecule has 0 bridgehead atoms. The van der Waals surface area contributed by atoms with Gasteiger partial charge in [-0.15, -0.1) is 0 Å². The van der Waals surface area contributed by atoms with E-state index >= 15 is 0 Å². The maximum absolute atomic E-state index is 11.2. The smallest absolute Gasteiger partial charge is 0.308 e. The molecule has 4 heteroatoms. The minimum absolute atomic E-state index is 0.249. The van der Waals surface area contributed by atoms with Crippen LogP contribution in [0.4, 0.5) is 0 Å². The number of ether oxygens (including phenoxy) is 3. The Kier molecular flexibility index (Phi) is 5.72. The lowest BCUT2D eigenvalue weighted by Gasteiger charge is -2.19. The van der Waals surface area contributed by atoms with Crippen LogP contribution in [-0.2, 0) is 19.0 Å². The first-order valence-electron chi connectivity index (χ1n) is 4.71. The van der Waals surface area contributed by atoms with E-state index in [-0.39, 0.29) is 18.7 Å². The maximum Gasteiger partial charge on any atom is 0.308 e. The zero-order valence-electron chi connectivity index (χ0n) is 9.62. The summed E-state index contributed by atoms with van der Waals surface area (Å²) in [6, 6.07) is 0. The van der Waals surface area contributed by atoms with Crippen molar-refractivity contribution in [2.24, 2.45) is 0 Å². The molecule has 0 aromatic heterocycles. The van der Waals surface area contributed by atoms with Gasteiger partial charge in [0.15, 0.2) is 6.29 Å². The molecule has 0 fully saturated rings. The average molecular weight is 204 g/mol. The standard InChI is InChI=1S/C10H20O4/c1-8(12-5)13-7-6-9(11)14-10(2,3)4/h8H,6-7H2,1-5H3. The zero-order valence-corrected chi connectivity index (χ0v) is 9.62. The third-order valence-electron chi connectivity index (χ3n) is 1.41. The SMILES string of the molecule is COC(C)OCCC(=O)OC(C)(C)C. The van der Waals surface area contributed by atoms with Crippen LogP contribution < -0.4 is 0 Å². The second-order valence-electron chi connectivity index (χ2n) is 4.01. The summed E-state index contributed by atoms with van der Waals surface area (Å²) in [6.45, 7) is 7.61. The number of rotatable bonds is 5. The van der Waals surface area contributed by atoms with Crippen molar-refractivity contribution in [2.45, 2.75) is 46.0 Å². The van der Waals surface area contributed by atoms with Crippen molar-refractivity contribution in [1.82, 2.24) is 0 Å². The number of hydrogen-bond donors (Lipinski definition) is 0. The molecule has 14 heavy (non-hydrogen) atoms. The Balaban J connectivity index is 3.55. The molecule has 4 nitrogen and oxygen atoms in total. The van der Waals surface area contributed by atoms with E-state index in [0.29, 0.717) is 6.61 Å². The number of methoxy groups -OCH3 is 1. The largest absolute Gasteiger partial charge is 0.460 e. The highest BCUT2D eigenvalue weighted by atomic mass is 16.7. The Morgan fingerprint density at radius 3 is 2.36 bits per heavy atom. The molecule has 1 unspecified atom stereocenters.